The van der Waals surface area contributed by atoms with Crippen LogP contribution in [0.3, 0.4) is 0 Å². The Morgan fingerprint density at radius 2 is 1.86 bits per heavy atom. The zero-order valence-corrected chi connectivity index (χ0v) is 12.6. The smallest absolute Gasteiger partial charge is 0.320 e. The number of carbonyl (C=O) groups is 2. The first kappa shape index (κ1) is 16.9. The highest BCUT2D eigenvalue weighted by Gasteiger charge is 2.10. The summed E-state index contributed by atoms with van der Waals surface area (Å²) in [6, 6.07) is 8.74. The van der Waals surface area contributed by atoms with E-state index in [2.05, 4.69) is 22.2 Å². The molecular formula is C16H22N2O3. The average Bonchev–Trinajstić information content (AvgIpc) is 2.52. The third kappa shape index (κ3) is 6.70. The highest BCUT2D eigenvalue weighted by Crippen LogP contribution is 2.02. The first-order valence-electron chi connectivity index (χ1n) is 7.24. The maximum absolute atomic E-state index is 11.9. The predicted molar refractivity (Wildman–Crippen MR) is 82.5 cm³/mol. The van der Waals surface area contributed by atoms with Gasteiger partial charge in [-0.05, 0) is 13.3 Å². The number of hydrogen-bond donors (Lipinski definition) is 1. The lowest BCUT2D eigenvalue weighted by atomic mass is 10.1. The summed E-state index contributed by atoms with van der Waals surface area (Å²) >= 11 is 0. The topological polar surface area (TPSA) is 67.8 Å². The van der Waals surface area contributed by atoms with Gasteiger partial charge in [-0.15, -0.1) is 0 Å². The molecule has 114 valence electrons. The second-order valence-corrected chi connectivity index (χ2v) is 4.74. The highest BCUT2D eigenvalue weighted by atomic mass is 16.7. The Balaban J connectivity index is 2.34. The van der Waals surface area contributed by atoms with Crippen LogP contribution in [0.2, 0.25) is 0 Å². The summed E-state index contributed by atoms with van der Waals surface area (Å²) in [5.74, 6) is -0.258. The van der Waals surface area contributed by atoms with Crippen LogP contribution < -0.4 is 5.32 Å². The Morgan fingerprint density at radius 3 is 2.52 bits per heavy atom. The lowest BCUT2D eigenvalue weighted by Gasteiger charge is -2.03. The lowest BCUT2D eigenvalue weighted by molar-refractivity contribution is 0.105. The number of oxime groups is 1. The van der Waals surface area contributed by atoms with Crippen LogP contribution in [0.15, 0.2) is 35.5 Å². The van der Waals surface area contributed by atoms with E-state index in [0.717, 1.165) is 25.7 Å². The van der Waals surface area contributed by atoms with Crippen LogP contribution in [0.1, 0.15) is 49.9 Å². The monoisotopic (exact) mass is 290 g/mol. The Morgan fingerprint density at radius 1 is 1.14 bits per heavy atom. The first-order chi connectivity index (χ1) is 10.1. The minimum absolute atomic E-state index is 0.141. The van der Waals surface area contributed by atoms with Gasteiger partial charge in [-0.1, -0.05) is 61.7 Å². The molecule has 0 spiro atoms. The van der Waals surface area contributed by atoms with Crippen molar-refractivity contribution in [1.29, 1.82) is 0 Å². The fourth-order valence-electron chi connectivity index (χ4n) is 1.72. The van der Waals surface area contributed by atoms with Gasteiger partial charge in [0.05, 0.1) is 0 Å². The first-order valence-corrected chi connectivity index (χ1v) is 7.24. The molecule has 0 saturated heterocycles. The van der Waals surface area contributed by atoms with Gasteiger partial charge >= 0.3 is 6.09 Å². The molecule has 0 aliphatic carbocycles. The van der Waals surface area contributed by atoms with Gasteiger partial charge in [0.1, 0.15) is 5.71 Å². The second kappa shape index (κ2) is 9.69. The van der Waals surface area contributed by atoms with Gasteiger partial charge in [-0.3, -0.25) is 9.63 Å². The van der Waals surface area contributed by atoms with E-state index in [9.17, 15) is 9.59 Å². The van der Waals surface area contributed by atoms with Crippen LogP contribution in [0.5, 0.6) is 0 Å². The second-order valence-electron chi connectivity index (χ2n) is 4.74. The molecule has 0 aliphatic heterocycles. The van der Waals surface area contributed by atoms with Crippen LogP contribution in [-0.2, 0) is 4.84 Å². The summed E-state index contributed by atoms with van der Waals surface area (Å²) in [6.45, 7) is 4.20. The number of benzene rings is 1. The number of unbranched alkanes of at least 4 members (excludes halogenated alkanes) is 3. The quantitative estimate of drug-likeness (QED) is 0.262. The van der Waals surface area contributed by atoms with Gasteiger partial charge in [-0.25, -0.2) is 4.79 Å². The fourth-order valence-corrected chi connectivity index (χ4v) is 1.72. The van der Waals surface area contributed by atoms with Gasteiger partial charge < -0.3 is 5.32 Å². The van der Waals surface area contributed by atoms with Gasteiger partial charge in [0.2, 0.25) is 5.78 Å². The number of ketones is 1. The van der Waals surface area contributed by atoms with Crippen LogP contribution in [0.25, 0.3) is 0 Å². The Hall–Kier alpha value is -2.17. The van der Waals surface area contributed by atoms with Crippen LogP contribution in [0.4, 0.5) is 4.79 Å². The number of nitrogens with zero attached hydrogens (tertiary/aromatic N) is 1. The van der Waals surface area contributed by atoms with Gasteiger partial charge in [-0.2, -0.15) is 0 Å². The molecule has 5 nitrogen and oxygen atoms in total. The molecule has 0 heterocycles. The number of amides is 1. The van der Waals surface area contributed by atoms with Gasteiger partial charge in [0.15, 0.2) is 0 Å². The SMILES string of the molecule is CCCCCCNC(=O)ON=C(C)C(=O)c1ccccc1. The molecule has 21 heavy (non-hydrogen) atoms. The standard InChI is InChI=1S/C16H22N2O3/c1-3-4-5-9-12-17-16(20)21-18-13(2)15(19)14-10-7-6-8-11-14/h6-8,10-11H,3-5,9,12H2,1-2H3,(H,17,20). The highest BCUT2D eigenvalue weighted by molar-refractivity contribution is 6.45. The molecule has 1 N–H and O–H groups in total. The molecule has 0 unspecified atom stereocenters. The number of carbonyl (C=O) groups excluding carboxylic acids is 2. The van der Waals surface area contributed by atoms with Crippen LogP contribution >= 0.6 is 0 Å². The largest absolute Gasteiger partial charge is 0.433 e. The van der Waals surface area contributed by atoms with E-state index >= 15 is 0 Å². The lowest BCUT2D eigenvalue weighted by Crippen LogP contribution is -2.24. The molecule has 0 aliphatic rings. The summed E-state index contributed by atoms with van der Waals surface area (Å²) in [4.78, 5) is 28.0. The minimum Gasteiger partial charge on any atom is -0.320 e. The van der Waals surface area contributed by atoms with Crippen molar-refractivity contribution in [2.45, 2.75) is 39.5 Å². The van der Waals surface area contributed by atoms with Crippen molar-refractivity contribution in [2.24, 2.45) is 5.16 Å². The van der Waals surface area contributed by atoms with Crippen LogP contribution in [-0.4, -0.2) is 24.1 Å². The average molecular weight is 290 g/mol. The molecule has 0 radical (unpaired) electrons. The minimum atomic E-state index is -0.633. The van der Waals surface area contributed by atoms with Crippen LogP contribution in [0, 0.1) is 0 Å². The van der Waals surface area contributed by atoms with E-state index < -0.39 is 6.09 Å². The Kier molecular flexibility index (Phi) is 7.79. The predicted octanol–water partition coefficient (Wildman–Crippen LogP) is 3.55. The van der Waals surface area contributed by atoms with Crippen molar-refractivity contribution >= 4 is 17.6 Å². The number of hydrogen-bond acceptors (Lipinski definition) is 4. The van der Waals surface area contributed by atoms with E-state index in [-0.39, 0.29) is 11.5 Å². The molecule has 0 fully saturated rings. The Labute approximate surface area is 125 Å². The van der Waals surface area contributed by atoms with E-state index in [1.807, 2.05) is 6.07 Å². The molecule has 0 bridgehead atoms. The van der Waals surface area contributed by atoms with E-state index in [4.69, 9.17) is 0 Å². The molecule has 1 aromatic rings. The summed E-state index contributed by atoms with van der Waals surface area (Å²) in [6.07, 6.45) is 3.65. The third-order valence-electron chi connectivity index (χ3n) is 2.93. The number of nitrogens with one attached hydrogen (secondary N) is 1. The molecule has 0 atom stereocenters. The molecule has 1 amide bonds. The summed E-state index contributed by atoms with van der Waals surface area (Å²) < 4.78 is 0. The molecule has 0 aromatic heterocycles. The number of Topliss-reactive ketones (excluding diaryl/α,β-unsaturated/α-hetero) is 1. The Bertz CT molecular complexity index is 484. The summed E-state index contributed by atoms with van der Waals surface area (Å²) in [7, 11) is 0. The molecule has 5 heteroatoms. The van der Waals surface area contributed by atoms with Crippen molar-refractivity contribution in [3.05, 3.63) is 35.9 Å². The zero-order chi connectivity index (χ0) is 15.5. The van der Waals surface area contributed by atoms with Gasteiger partial charge in [0.25, 0.3) is 0 Å². The fraction of sp³-hybridized carbons (Fsp3) is 0.438. The van der Waals surface area contributed by atoms with E-state index in [1.54, 1.807) is 24.3 Å². The summed E-state index contributed by atoms with van der Waals surface area (Å²) in [5, 5.41) is 6.17. The number of rotatable bonds is 8. The molecule has 0 saturated carbocycles. The van der Waals surface area contributed by atoms with E-state index in [1.165, 1.54) is 6.92 Å². The summed E-state index contributed by atoms with van der Waals surface area (Å²) in [5.41, 5.74) is 0.657. The van der Waals surface area contributed by atoms with Gasteiger partial charge in [0, 0.05) is 12.1 Å². The van der Waals surface area contributed by atoms with Crippen molar-refractivity contribution in [3.63, 3.8) is 0 Å². The van der Waals surface area contributed by atoms with Crippen molar-refractivity contribution < 1.29 is 14.4 Å². The molecular weight excluding hydrogens is 268 g/mol. The van der Waals surface area contributed by atoms with Crippen molar-refractivity contribution in [1.82, 2.24) is 5.32 Å². The third-order valence-corrected chi connectivity index (χ3v) is 2.93. The maximum atomic E-state index is 11.9. The maximum Gasteiger partial charge on any atom is 0.433 e. The van der Waals surface area contributed by atoms with Crippen molar-refractivity contribution in [2.75, 3.05) is 6.54 Å². The normalized spacial score (nSPS) is 11.0. The zero-order valence-electron chi connectivity index (χ0n) is 12.6. The van der Waals surface area contributed by atoms with E-state index in [0.29, 0.717) is 12.1 Å². The molecule has 1 aromatic carbocycles. The molecule has 1 rings (SSSR count). The van der Waals surface area contributed by atoms with Crippen molar-refractivity contribution in [3.8, 4) is 0 Å².